The molecule has 3 unspecified atom stereocenters. The maximum Gasteiger partial charge on any atom is 0.475 e. The highest BCUT2D eigenvalue weighted by atomic mass is 31.2. The van der Waals surface area contributed by atoms with Crippen LogP contribution in [0.4, 0.5) is 0 Å². The number of rotatable bonds is 6. The molecule has 0 aliphatic carbocycles. The van der Waals surface area contributed by atoms with E-state index in [1.54, 1.807) is 24.7 Å². The van der Waals surface area contributed by atoms with E-state index in [0.717, 1.165) is 5.56 Å². The van der Waals surface area contributed by atoms with E-state index in [4.69, 9.17) is 27.8 Å². The minimum Gasteiger partial charge on any atom is -0.347 e. The normalized spacial score (nSPS) is 36.9. The summed E-state index contributed by atoms with van der Waals surface area (Å²) < 4.78 is 48.5. The Morgan fingerprint density at radius 1 is 1.32 bits per heavy atom. The number of fused-ring (bicyclic) bond motifs is 1. The molecule has 0 N–H and O–H groups in total. The standard InChI is InChI=1S/C23H29N2O8P/c1-15(26)17-7-5-10-25(13-17)22-21-20(31-23(2,3)32-21)19(30-22)14-29-34(27)28-11-8-18(33-34)16-6-4-9-24-12-16/h4-6,9-10,12-13,18-22H,7-8,11,14H2,1-3H3/t18?,19?,20-,21-,22-,34?/m1/s1. The monoisotopic (exact) mass is 492 g/mol. The van der Waals surface area contributed by atoms with Crippen LogP contribution in [0, 0.1) is 0 Å². The lowest BCUT2D eigenvalue weighted by Gasteiger charge is -2.32. The molecular formula is C23H29N2O8P. The van der Waals surface area contributed by atoms with Gasteiger partial charge in [-0.25, -0.2) is 4.57 Å². The number of pyridine rings is 1. The third kappa shape index (κ3) is 4.90. The molecule has 4 aliphatic rings. The van der Waals surface area contributed by atoms with Crippen molar-refractivity contribution in [3.63, 3.8) is 0 Å². The number of ether oxygens (including phenoxy) is 3. The van der Waals surface area contributed by atoms with Gasteiger partial charge in [-0.15, -0.1) is 0 Å². The van der Waals surface area contributed by atoms with Crippen LogP contribution >= 0.6 is 7.82 Å². The number of nitrogens with zero attached hydrogens (tertiary/aromatic N) is 2. The Labute approximate surface area is 198 Å². The highest BCUT2D eigenvalue weighted by molar-refractivity contribution is 7.48. The molecule has 0 radical (unpaired) electrons. The molecule has 10 nitrogen and oxygen atoms in total. The van der Waals surface area contributed by atoms with Crippen molar-refractivity contribution in [1.29, 1.82) is 0 Å². The second-order valence-corrected chi connectivity index (χ2v) is 10.7. The molecule has 0 spiro atoms. The molecule has 4 aliphatic heterocycles. The zero-order valence-corrected chi connectivity index (χ0v) is 20.3. The maximum absolute atomic E-state index is 13.2. The van der Waals surface area contributed by atoms with E-state index in [1.807, 2.05) is 37.1 Å². The van der Waals surface area contributed by atoms with Crippen molar-refractivity contribution in [2.24, 2.45) is 0 Å². The molecule has 0 bridgehead atoms. The van der Waals surface area contributed by atoms with Crippen molar-refractivity contribution in [2.75, 3.05) is 13.2 Å². The zero-order chi connectivity index (χ0) is 23.9. The van der Waals surface area contributed by atoms with Crippen molar-refractivity contribution in [3.05, 3.63) is 54.1 Å². The van der Waals surface area contributed by atoms with Crippen LogP contribution in [0.3, 0.4) is 0 Å². The number of hydrogen-bond donors (Lipinski definition) is 0. The highest BCUT2D eigenvalue weighted by Gasteiger charge is 2.57. The van der Waals surface area contributed by atoms with Crippen LogP contribution in [0.5, 0.6) is 0 Å². The Balaban J connectivity index is 1.29. The highest BCUT2D eigenvalue weighted by Crippen LogP contribution is 2.57. The van der Waals surface area contributed by atoms with Gasteiger partial charge in [0.2, 0.25) is 0 Å². The van der Waals surface area contributed by atoms with Crippen LogP contribution in [-0.4, -0.2) is 59.2 Å². The number of phosphoric ester groups is 1. The smallest absolute Gasteiger partial charge is 0.347 e. The van der Waals surface area contributed by atoms with Crippen LogP contribution in [-0.2, 0) is 37.1 Å². The van der Waals surface area contributed by atoms with Gasteiger partial charge in [0, 0.05) is 36.8 Å². The van der Waals surface area contributed by atoms with Crippen molar-refractivity contribution < 1.29 is 37.1 Å². The average Bonchev–Trinajstić information content (AvgIpc) is 3.31. The molecule has 1 aromatic rings. The first-order chi connectivity index (χ1) is 16.2. The summed E-state index contributed by atoms with van der Waals surface area (Å²) in [6.07, 6.45) is 7.54. The molecule has 0 saturated carbocycles. The first kappa shape index (κ1) is 23.8. The van der Waals surface area contributed by atoms with E-state index in [9.17, 15) is 9.36 Å². The molecule has 6 atom stereocenters. The van der Waals surface area contributed by atoms with Crippen LogP contribution < -0.4 is 0 Å². The molecule has 0 aromatic carbocycles. The third-order valence-electron chi connectivity index (χ3n) is 6.13. The second kappa shape index (κ2) is 9.28. The molecule has 5 rings (SSSR count). The number of carbonyl (C=O) groups is 1. The quantitative estimate of drug-likeness (QED) is 0.547. The van der Waals surface area contributed by atoms with Gasteiger partial charge in [-0.1, -0.05) is 12.1 Å². The fourth-order valence-corrected chi connectivity index (χ4v) is 5.93. The number of Topliss-reactive ketones (excluding diaryl/α,β-unsaturated/α-hetero) is 1. The Morgan fingerprint density at radius 2 is 2.15 bits per heavy atom. The van der Waals surface area contributed by atoms with Gasteiger partial charge < -0.3 is 19.1 Å². The number of ketones is 1. The van der Waals surface area contributed by atoms with Gasteiger partial charge in [0.05, 0.1) is 19.3 Å². The minimum atomic E-state index is -3.82. The summed E-state index contributed by atoms with van der Waals surface area (Å²) in [5.41, 5.74) is 1.49. The van der Waals surface area contributed by atoms with Crippen LogP contribution in [0.25, 0.3) is 0 Å². The Morgan fingerprint density at radius 3 is 2.91 bits per heavy atom. The van der Waals surface area contributed by atoms with Crippen molar-refractivity contribution in [3.8, 4) is 0 Å². The van der Waals surface area contributed by atoms with Crippen LogP contribution in [0.1, 0.15) is 45.3 Å². The topological polar surface area (TPSA) is 106 Å². The molecular weight excluding hydrogens is 463 g/mol. The summed E-state index contributed by atoms with van der Waals surface area (Å²) in [5.74, 6) is -0.823. The first-order valence-corrected chi connectivity index (χ1v) is 12.8. The Bertz CT molecular complexity index is 1030. The van der Waals surface area contributed by atoms with Crippen molar-refractivity contribution in [1.82, 2.24) is 9.88 Å². The number of phosphoric acid groups is 1. The Kier molecular flexibility index (Phi) is 6.50. The Hall–Kier alpha value is -1.91. The number of aromatic nitrogens is 1. The lowest BCUT2D eigenvalue weighted by molar-refractivity contribution is -0.201. The fraction of sp³-hybridized carbons (Fsp3) is 0.565. The maximum atomic E-state index is 13.2. The predicted octanol–water partition coefficient (Wildman–Crippen LogP) is 3.62. The van der Waals surface area contributed by atoms with E-state index >= 15 is 0 Å². The van der Waals surface area contributed by atoms with E-state index in [1.165, 1.54) is 6.92 Å². The number of carbonyl (C=O) groups excluding carboxylic acids is 1. The molecule has 3 saturated heterocycles. The van der Waals surface area contributed by atoms with Gasteiger partial charge in [-0.05, 0) is 38.8 Å². The summed E-state index contributed by atoms with van der Waals surface area (Å²) in [7, 11) is -3.82. The van der Waals surface area contributed by atoms with Crippen LogP contribution in [0.15, 0.2) is 48.6 Å². The summed E-state index contributed by atoms with van der Waals surface area (Å²) in [4.78, 5) is 17.8. The molecule has 0 amide bonds. The predicted molar refractivity (Wildman–Crippen MR) is 119 cm³/mol. The van der Waals surface area contributed by atoms with Gasteiger partial charge in [-0.3, -0.25) is 23.3 Å². The number of allylic oxidation sites excluding steroid dienone is 2. The van der Waals surface area contributed by atoms with E-state index in [0.29, 0.717) is 18.4 Å². The molecule has 1 aromatic heterocycles. The van der Waals surface area contributed by atoms with E-state index < -0.39 is 44.3 Å². The number of hydrogen-bond acceptors (Lipinski definition) is 10. The summed E-state index contributed by atoms with van der Waals surface area (Å²) >= 11 is 0. The third-order valence-corrected chi connectivity index (χ3v) is 7.61. The molecule has 3 fully saturated rings. The average molecular weight is 492 g/mol. The molecule has 5 heterocycles. The molecule has 11 heteroatoms. The van der Waals surface area contributed by atoms with Crippen LogP contribution in [0.2, 0.25) is 0 Å². The van der Waals surface area contributed by atoms with Gasteiger partial charge in [0.25, 0.3) is 0 Å². The molecule has 184 valence electrons. The first-order valence-electron chi connectivity index (χ1n) is 11.4. The van der Waals surface area contributed by atoms with Gasteiger partial charge in [-0.2, -0.15) is 0 Å². The van der Waals surface area contributed by atoms with Crippen molar-refractivity contribution in [2.45, 2.75) is 70.0 Å². The summed E-state index contributed by atoms with van der Waals surface area (Å²) in [5, 5.41) is 0. The lowest BCUT2D eigenvalue weighted by atomic mass is 10.1. The molecule has 34 heavy (non-hydrogen) atoms. The second-order valence-electron chi connectivity index (χ2n) is 9.12. The van der Waals surface area contributed by atoms with E-state index in [2.05, 4.69) is 4.98 Å². The van der Waals surface area contributed by atoms with Gasteiger partial charge >= 0.3 is 7.82 Å². The van der Waals surface area contributed by atoms with E-state index in [-0.39, 0.29) is 19.0 Å². The fourth-order valence-electron chi connectivity index (χ4n) is 4.54. The SMILES string of the molecule is CC(=O)C1=CN([C@@H]2OC(COP3(=O)OCCC(c4cccnc4)O3)[C@H]3OC(C)(C)O[C@H]32)C=CC1. The van der Waals surface area contributed by atoms with Crippen molar-refractivity contribution >= 4 is 13.6 Å². The minimum absolute atomic E-state index is 0.000522. The van der Waals surface area contributed by atoms with Gasteiger partial charge in [0.15, 0.2) is 17.8 Å². The lowest BCUT2D eigenvalue weighted by Crippen LogP contribution is -2.39. The summed E-state index contributed by atoms with van der Waals surface area (Å²) in [6.45, 7) is 5.36. The zero-order valence-electron chi connectivity index (χ0n) is 19.4. The largest absolute Gasteiger partial charge is 0.475 e. The summed E-state index contributed by atoms with van der Waals surface area (Å²) in [6, 6.07) is 3.66. The van der Waals surface area contributed by atoms with Gasteiger partial charge in [0.1, 0.15) is 18.3 Å².